The lowest BCUT2D eigenvalue weighted by atomic mass is 10.1. The lowest BCUT2D eigenvalue weighted by molar-refractivity contribution is -0.145. The molecule has 1 N–H and O–H groups in total. The average molecular weight is 247 g/mol. The molecule has 0 saturated carbocycles. The first-order valence-electron chi connectivity index (χ1n) is 5.37. The summed E-state index contributed by atoms with van der Waals surface area (Å²) in [7, 11) is 1.34. The number of methoxy groups -OCH3 is 1. The van der Waals surface area contributed by atoms with Crippen LogP contribution in [0.25, 0.3) is 0 Å². The van der Waals surface area contributed by atoms with Gasteiger partial charge < -0.3 is 10.1 Å². The maximum atomic E-state index is 11.5. The second kappa shape index (κ2) is 8.44. The zero-order valence-electron chi connectivity index (χ0n) is 10.4. The van der Waals surface area contributed by atoms with Crippen molar-refractivity contribution in [2.24, 2.45) is 5.92 Å². The lowest BCUT2D eigenvalue weighted by Gasteiger charge is -2.16. The normalized spacial score (nSPS) is 12.3. The molecule has 0 saturated heterocycles. The van der Waals surface area contributed by atoms with Gasteiger partial charge in [-0.15, -0.1) is 0 Å². The smallest absolute Gasteiger partial charge is 0.328 e. The molecule has 0 aliphatic carbocycles. The van der Waals surface area contributed by atoms with Gasteiger partial charge in [0, 0.05) is 6.42 Å². The highest BCUT2D eigenvalue weighted by atomic mass is 32.2. The number of amides is 1. The van der Waals surface area contributed by atoms with Gasteiger partial charge in [-0.25, -0.2) is 4.79 Å². The summed E-state index contributed by atoms with van der Waals surface area (Å²) in [5, 5.41) is 2.71. The Morgan fingerprint density at radius 3 is 2.44 bits per heavy atom. The monoisotopic (exact) mass is 247 g/mol. The summed E-state index contributed by atoms with van der Waals surface area (Å²) in [5.41, 5.74) is 0. The number of thioether (sulfide) groups is 1. The van der Waals surface area contributed by atoms with Gasteiger partial charge in [0.25, 0.3) is 0 Å². The van der Waals surface area contributed by atoms with E-state index in [-0.39, 0.29) is 11.9 Å². The van der Waals surface area contributed by atoms with Gasteiger partial charge in [-0.1, -0.05) is 13.8 Å². The number of rotatable bonds is 7. The molecule has 0 radical (unpaired) electrons. The van der Waals surface area contributed by atoms with Crippen LogP contribution in [0.15, 0.2) is 0 Å². The van der Waals surface area contributed by atoms with Crippen molar-refractivity contribution in [3.63, 3.8) is 0 Å². The number of carbonyl (C=O) groups excluding carboxylic acids is 2. The molecule has 16 heavy (non-hydrogen) atoms. The van der Waals surface area contributed by atoms with Crippen molar-refractivity contribution in [2.75, 3.05) is 19.1 Å². The van der Waals surface area contributed by atoms with Crippen LogP contribution in [0.5, 0.6) is 0 Å². The molecule has 0 aromatic rings. The summed E-state index contributed by atoms with van der Waals surface area (Å²) in [5.74, 6) is 0.651. The zero-order valence-corrected chi connectivity index (χ0v) is 11.2. The molecule has 1 atom stereocenters. The van der Waals surface area contributed by atoms with E-state index in [4.69, 9.17) is 0 Å². The van der Waals surface area contributed by atoms with E-state index in [1.807, 2.05) is 20.1 Å². The van der Waals surface area contributed by atoms with Gasteiger partial charge in [-0.05, 0) is 24.3 Å². The number of ether oxygens (including phenoxy) is 1. The summed E-state index contributed by atoms with van der Waals surface area (Å²) in [6.07, 6.45) is 3.01. The van der Waals surface area contributed by atoms with Crippen LogP contribution < -0.4 is 5.32 Å². The molecule has 4 nitrogen and oxygen atoms in total. The van der Waals surface area contributed by atoms with Crippen LogP contribution in [-0.4, -0.2) is 37.0 Å². The molecule has 1 unspecified atom stereocenters. The molecule has 94 valence electrons. The van der Waals surface area contributed by atoms with Crippen molar-refractivity contribution >= 4 is 23.6 Å². The van der Waals surface area contributed by atoms with E-state index in [1.165, 1.54) is 7.11 Å². The zero-order chi connectivity index (χ0) is 12.6. The van der Waals surface area contributed by atoms with E-state index < -0.39 is 6.04 Å². The summed E-state index contributed by atoms with van der Waals surface area (Å²) >= 11 is 1.64. The number of carbonyl (C=O) groups is 2. The molecule has 0 aromatic carbocycles. The Kier molecular flexibility index (Phi) is 8.07. The second-order valence-electron chi connectivity index (χ2n) is 4.02. The molecule has 0 bridgehead atoms. The predicted molar refractivity (Wildman–Crippen MR) is 66.4 cm³/mol. The van der Waals surface area contributed by atoms with Crippen molar-refractivity contribution in [3.05, 3.63) is 0 Å². The van der Waals surface area contributed by atoms with E-state index in [1.54, 1.807) is 11.8 Å². The standard InChI is InChI=1S/C11H21NO3S/c1-8(2)7-10(13)12-9(5-6-16-4)11(14)15-3/h8-9H,5-7H2,1-4H3,(H,12,13). The highest BCUT2D eigenvalue weighted by Crippen LogP contribution is 2.04. The lowest BCUT2D eigenvalue weighted by Crippen LogP contribution is -2.42. The Bertz CT molecular complexity index is 231. The fourth-order valence-corrected chi connectivity index (χ4v) is 1.72. The third-order valence-corrected chi connectivity index (χ3v) is 2.67. The first kappa shape index (κ1) is 15.3. The minimum atomic E-state index is -0.510. The third kappa shape index (κ3) is 6.71. The fourth-order valence-electron chi connectivity index (χ4n) is 1.25. The number of hydrogen-bond donors (Lipinski definition) is 1. The Morgan fingerprint density at radius 1 is 1.38 bits per heavy atom. The van der Waals surface area contributed by atoms with E-state index in [2.05, 4.69) is 10.1 Å². The van der Waals surface area contributed by atoms with Gasteiger partial charge in [-0.3, -0.25) is 4.79 Å². The maximum absolute atomic E-state index is 11.5. The topological polar surface area (TPSA) is 55.4 Å². The van der Waals surface area contributed by atoms with E-state index >= 15 is 0 Å². The molecule has 1 amide bonds. The van der Waals surface area contributed by atoms with Crippen molar-refractivity contribution in [2.45, 2.75) is 32.7 Å². The van der Waals surface area contributed by atoms with Crippen molar-refractivity contribution in [1.29, 1.82) is 0 Å². The molecule has 0 fully saturated rings. The molecular formula is C11H21NO3S. The van der Waals surface area contributed by atoms with Crippen LogP contribution in [0.4, 0.5) is 0 Å². The Balaban J connectivity index is 4.19. The van der Waals surface area contributed by atoms with Crippen LogP contribution in [0.3, 0.4) is 0 Å². The van der Waals surface area contributed by atoms with Gasteiger partial charge in [-0.2, -0.15) is 11.8 Å². The van der Waals surface area contributed by atoms with Gasteiger partial charge in [0.1, 0.15) is 6.04 Å². The molecule has 0 rings (SSSR count). The molecule has 0 aromatic heterocycles. The molecule has 0 spiro atoms. The van der Waals surface area contributed by atoms with Crippen molar-refractivity contribution in [1.82, 2.24) is 5.32 Å². The third-order valence-electron chi connectivity index (χ3n) is 2.03. The molecule has 0 aliphatic rings. The summed E-state index contributed by atoms with van der Waals surface area (Å²) in [6.45, 7) is 3.93. The highest BCUT2D eigenvalue weighted by molar-refractivity contribution is 7.98. The van der Waals surface area contributed by atoms with Gasteiger partial charge in [0.2, 0.25) is 5.91 Å². The van der Waals surface area contributed by atoms with Crippen LogP contribution in [0, 0.1) is 5.92 Å². The minimum absolute atomic E-state index is 0.0912. The van der Waals surface area contributed by atoms with Crippen LogP contribution in [0.1, 0.15) is 26.7 Å². The van der Waals surface area contributed by atoms with Gasteiger partial charge in [0.05, 0.1) is 7.11 Å². The number of esters is 1. The second-order valence-corrected chi connectivity index (χ2v) is 5.01. The first-order valence-corrected chi connectivity index (χ1v) is 6.76. The number of hydrogen-bond acceptors (Lipinski definition) is 4. The average Bonchev–Trinajstić information content (AvgIpc) is 2.21. The Labute approximate surface area is 101 Å². The number of nitrogens with one attached hydrogen (secondary N) is 1. The minimum Gasteiger partial charge on any atom is -0.467 e. The van der Waals surface area contributed by atoms with Crippen LogP contribution in [-0.2, 0) is 14.3 Å². The largest absolute Gasteiger partial charge is 0.467 e. The van der Waals surface area contributed by atoms with Crippen molar-refractivity contribution < 1.29 is 14.3 Å². The highest BCUT2D eigenvalue weighted by Gasteiger charge is 2.20. The summed E-state index contributed by atoms with van der Waals surface area (Å²) in [6, 6.07) is -0.510. The first-order chi connectivity index (χ1) is 7.51. The van der Waals surface area contributed by atoms with E-state index in [0.29, 0.717) is 18.8 Å². The van der Waals surface area contributed by atoms with Crippen molar-refractivity contribution in [3.8, 4) is 0 Å². The quantitative estimate of drug-likeness (QED) is 0.692. The van der Waals surface area contributed by atoms with Crippen LogP contribution in [0.2, 0.25) is 0 Å². The Hall–Kier alpha value is -0.710. The predicted octanol–water partition coefficient (Wildman–Crippen LogP) is 1.44. The summed E-state index contributed by atoms with van der Waals surface area (Å²) in [4.78, 5) is 22.9. The Morgan fingerprint density at radius 2 is 2.00 bits per heavy atom. The molecule has 0 aliphatic heterocycles. The van der Waals surface area contributed by atoms with Gasteiger partial charge in [0.15, 0.2) is 0 Å². The van der Waals surface area contributed by atoms with Crippen LogP contribution >= 0.6 is 11.8 Å². The maximum Gasteiger partial charge on any atom is 0.328 e. The van der Waals surface area contributed by atoms with Gasteiger partial charge >= 0.3 is 5.97 Å². The molecule has 5 heteroatoms. The summed E-state index contributed by atoms with van der Waals surface area (Å²) < 4.78 is 4.65. The van der Waals surface area contributed by atoms with E-state index in [9.17, 15) is 9.59 Å². The molecular weight excluding hydrogens is 226 g/mol. The fraction of sp³-hybridized carbons (Fsp3) is 0.818. The molecule has 0 heterocycles. The van der Waals surface area contributed by atoms with E-state index in [0.717, 1.165) is 5.75 Å². The SMILES string of the molecule is COC(=O)C(CCSC)NC(=O)CC(C)C.